The Bertz CT molecular complexity index is 248. The SMILES string of the molecule is C[N]Cc1cc(F)ccc1F. The maximum Gasteiger partial charge on any atom is 0.127 e. The molecule has 0 aliphatic carbocycles. The van der Waals surface area contributed by atoms with Crippen LogP contribution >= 0.6 is 0 Å². The van der Waals surface area contributed by atoms with Crippen LogP contribution in [0.1, 0.15) is 5.56 Å². The molecule has 0 fully saturated rings. The molecule has 0 amide bonds. The Morgan fingerprint density at radius 2 is 2.09 bits per heavy atom. The highest BCUT2D eigenvalue weighted by atomic mass is 19.1. The van der Waals surface area contributed by atoms with Gasteiger partial charge in [0, 0.05) is 19.2 Å². The summed E-state index contributed by atoms with van der Waals surface area (Å²) in [4.78, 5) is 0. The van der Waals surface area contributed by atoms with Crippen molar-refractivity contribution in [3.05, 3.63) is 35.4 Å². The highest BCUT2D eigenvalue weighted by molar-refractivity contribution is 5.18. The lowest BCUT2D eigenvalue weighted by atomic mass is 10.2. The van der Waals surface area contributed by atoms with Crippen molar-refractivity contribution in [3.63, 3.8) is 0 Å². The van der Waals surface area contributed by atoms with Gasteiger partial charge in [-0.1, -0.05) is 0 Å². The first-order valence-corrected chi connectivity index (χ1v) is 3.23. The van der Waals surface area contributed by atoms with Crippen molar-refractivity contribution in [3.8, 4) is 0 Å². The van der Waals surface area contributed by atoms with Crippen LogP contribution in [0.15, 0.2) is 18.2 Å². The van der Waals surface area contributed by atoms with Crippen LogP contribution in [0.4, 0.5) is 8.78 Å². The molecule has 11 heavy (non-hydrogen) atoms. The van der Waals surface area contributed by atoms with Gasteiger partial charge in [0.25, 0.3) is 0 Å². The van der Waals surface area contributed by atoms with Crippen LogP contribution in [0.3, 0.4) is 0 Å². The van der Waals surface area contributed by atoms with Crippen molar-refractivity contribution in [2.75, 3.05) is 7.05 Å². The fourth-order valence-electron chi connectivity index (χ4n) is 0.835. The number of nitrogens with zero attached hydrogens (tertiary/aromatic N) is 1. The summed E-state index contributed by atoms with van der Waals surface area (Å²) in [5.41, 5.74) is 0.299. The van der Waals surface area contributed by atoms with Gasteiger partial charge in [-0.25, -0.2) is 14.1 Å². The van der Waals surface area contributed by atoms with Crippen LogP contribution in [-0.4, -0.2) is 7.05 Å². The Labute approximate surface area is 64.0 Å². The molecule has 1 rings (SSSR count). The predicted octanol–water partition coefficient (Wildman–Crippen LogP) is 1.70. The molecule has 0 unspecified atom stereocenters. The number of hydrogen-bond acceptors (Lipinski definition) is 0. The number of benzene rings is 1. The molecular formula is C8H8F2N. The molecule has 3 heteroatoms. The van der Waals surface area contributed by atoms with Gasteiger partial charge in [-0.15, -0.1) is 0 Å². The molecule has 1 aromatic rings. The largest absolute Gasteiger partial charge is 0.240 e. The van der Waals surface area contributed by atoms with Crippen LogP contribution in [0.5, 0.6) is 0 Å². The van der Waals surface area contributed by atoms with Crippen molar-refractivity contribution in [2.24, 2.45) is 0 Å². The first-order valence-electron chi connectivity index (χ1n) is 3.23. The van der Waals surface area contributed by atoms with E-state index in [2.05, 4.69) is 5.32 Å². The minimum absolute atomic E-state index is 0.226. The third-order valence-corrected chi connectivity index (χ3v) is 1.34. The summed E-state index contributed by atoms with van der Waals surface area (Å²) in [6.45, 7) is 0.226. The van der Waals surface area contributed by atoms with Gasteiger partial charge in [-0.3, -0.25) is 0 Å². The molecule has 0 N–H and O–H groups in total. The lowest BCUT2D eigenvalue weighted by Crippen LogP contribution is -2.00. The second kappa shape index (κ2) is 3.44. The molecule has 1 aromatic carbocycles. The zero-order valence-electron chi connectivity index (χ0n) is 6.14. The maximum absolute atomic E-state index is 12.7. The van der Waals surface area contributed by atoms with Gasteiger partial charge in [0.15, 0.2) is 0 Å². The summed E-state index contributed by atoms with van der Waals surface area (Å²) in [5.74, 6) is -0.831. The average Bonchev–Trinajstić information content (AvgIpc) is 1.98. The molecule has 0 saturated heterocycles. The van der Waals surface area contributed by atoms with Gasteiger partial charge in [-0.2, -0.15) is 0 Å². The van der Waals surface area contributed by atoms with Crippen molar-refractivity contribution in [1.29, 1.82) is 0 Å². The van der Waals surface area contributed by atoms with E-state index in [0.29, 0.717) is 5.56 Å². The van der Waals surface area contributed by atoms with Crippen LogP contribution in [-0.2, 0) is 6.54 Å². The van der Waals surface area contributed by atoms with E-state index < -0.39 is 11.6 Å². The van der Waals surface area contributed by atoms with E-state index in [1.165, 1.54) is 0 Å². The lowest BCUT2D eigenvalue weighted by Gasteiger charge is -1.99. The molecule has 1 radical (unpaired) electrons. The molecule has 0 aliphatic rings. The quantitative estimate of drug-likeness (QED) is 0.618. The average molecular weight is 156 g/mol. The second-order valence-corrected chi connectivity index (χ2v) is 2.21. The monoisotopic (exact) mass is 156 g/mol. The fourth-order valence-corrected chi connectivity index (χ4v) is 0.835. The zero-order chi connectivity index (χ0) is 8.27. The number of halogens is 2. The van der Waals surface area contributed by atoms with E-state index in [4.69, 9.17) is 0 Å². The fraction of sp³-hybridized carbons (Fsp3) is 0.250. The van der Waals surface area contributed by atoms with Crippen LogP contribution in [0.2, 0.25) is 0 Å². The third-order valence-electron chi connectivity index (χ3n) is 1.34. The molecule has 0 heterocycles. The van der Waals surface area contributed by atoms with E-state index in [-0.39, 0.29) is 6.54 Å². The minimum atomic E-state index is -0.426. The molecule has 59 valence electrons. The summed E-state index contributed by atoms with van der Waals surface area (Å²) in [6, 6.07) is 3.35. The molecular weight excluding hydrogens is 148 g/mol. The minimum Gasteiger partial charge on any atom is -0.240 e. The standard InChI is InChI=1S/C8H8F2N/c1-11-5-6-4-7(9)2-3-8(6)10/h2-4H,5H2,1H3. The zero-order valence-corrected chi connectivity index (χ0v) is 6.14. The smallest absolute Gasteiger partial charge is 0.127 e. The highest BCUT2D eigenvalue weighted by Gasteiger charge is 2.01. The van der Waals surface area contributed by atoms with Crippen molar-refractivity contribution < 1.29 is 8.78 Å². The summed E-state index contributed by atoms with van der Waals surface area (Å²) in [7, 11) is 1.56. The Hall–Kier alpha value is -0.960. The lowest BCUT2D eigenvalue weighted by molar-refractivity contribution is 0.577. The topological polar surface area (TPSA) is 14.1 Å². The maximum atomic E-state index is 12.7. The summed E-state index contributed by atoms with van der Waals surface area (Å²) >= 11 is 0. The van der Waals surface area contributed by atoms with E-state index in [0.717, 1.165) is 18.2 Å². The van der Waals surface area contributed by atoms with E-state index in [9.17, 15) is 8.78 Å². The van der Waals surface area contributed by atoms with E-state index in [1.54, 1.807) is 7.05 Å². The first-order chi connectivity index (χ1) is 5.24. The Morgan fingerprint density at radius 1 is 1.36 bits per heavy atom. The van der Waals surface area contributed by atoms with E-state index >= 15 is 0 Å². The van der Waals surface area contributed by atoms with Crippen molar-refractivity contribution >= 4 is 0 Å². The Morgan fingerprint density at radius 3 is 2.73 bits per heavy atom. The Balaban J connectivity index is 2.93. The van der Waals surface area contributed by atoms with Gasteiger partial charge >= 0.3 is 0 Å². The first kappa shape index (κ1) is 8.14. The number of rotatable bonds is 2. The van der Waals surface area contributed by atoms with Crippen LogP contribution in [0, 0.1) is 11.6 Å². The Kier molecular flexibility index (Phi) is 2.54. The number of hydrogen-bond donors (Lipinski definition) is 0. The highest BCUT2D eigenvalue weighted by Crippen LogP contribution is 2.08. The summed E-state index contributed by atoms with van der Waals surface area (Å²) in [5, 5.41) is 3.70. The van der Waals surface area contributed by atoms with Gasteiger partial charge in [0.2, 0.25) is 0 Å². The summed E-state index contributed by atoms with van der Waals surface area (Å²) in [6.07, 6.45) is 0. The molecule has 1 nitrogen and oxygen atoms in total. The molecule has 0 bridgehead atoms. The third kappa shape index (κ3) is 1.98. The molecule has 0 atom stereocenters. The molecule has 0 aliphatic heterocycles. The molecule has 0 spiro atoms. The predicted molar refractivity (Wildman–Crippen MR) is 38.1 cm³/mol. The van der Waals surface area contributed by atoms with Crippen molar-refractivity contribution in [2.45, 2.75) is 6.54 Å². The van der Waals surface area contributed by atoms with Crippen molar-refractivity contribution in [1.82, 2.24) is 5.32 Å². The molecule has 0 saturated carbocycles. The van der Waals surface area contributed by atoms with Gasteiger partial charge in [0.1, 0.15) is 11.6 Å². The summed E-state index contributed by atoms with van der Waals surface area (Å²) < 4.78 is 25.2. The molecule has 0 aromatic heterocycles. The second-order valence-electron chi connectivity index (χ2n) is 2.21. The van der Waals surface area contributed by atoms with Gasteiger partial charge in [0.05, 0.1) is 0 Å². The van der Waals surface area contributed by atoms with E-state index in [1.807, 2.05) is 0 Å². The van der Waals surface area contributed by atoms with Gasteiger partial charge < -0.3 is 0 Å². The van der Waals surface area contributed by atoms with Crippen LogP contribution in [0.25, 0.3) is 0 Å². The van der Waals surface area contributed by atoms with Gasteiger partial charge in [-0.05, 0) is 18.2 Å². The normalized spacial score (nSPS) is 10.1. The van der Waals surface area contributed by atoms with Crippen LogP contribution < -0.4 is 5.32 Å².